The largest absolute Gasteiger partial charge is 0.285 e. The van der Waals surface area contributed by atoms with Gasteiger partial charge < -0.3 is 0 Å². The zero-order valence-electron chi connectivity index (χ0n) is 14.6. The fourth-order valence-corrected chi connectivity index (χ4v) is 3.47. The first-order valence-electron chi connectivity index (χ1n) is 7.06. The fourth-order valence-electron chi connectivity index (χ4n) is 2.89. The number of halogens is 2. The SMILES string of the molecule is CC(C)(C)CC(C)(C)C(C)(C)C(F)(F)C(C)(C)S(=O)(=O)O. The molecule has 0 radical (unpaired) electrons. The molecule has 0 aromatic carbocycles. The minimum atomic E-state index is -4.90. The first kappa shape index (κ1) is 20.8. The van der Waals surface area contributed by atoms with E-state index in [1.54, 1.807) is 13.8 Å². The zero-order chi connectivity index (χ0) is 17.7. The van der Waals surface area contributed by atoms with Crippen molar-refractivity contribution in [2.45, 2.75) is 79.4 Å². The molecule has 0 unspecified atom stereocenters. The minimum absolute atomic E-state index is 0.181. The van der Waals surface area contributed by atoms with E-state index in [1.165, 1.54) is 13.8 Å². The number of hydrogen-bond acceptors (Lipinski definition) is 2. The lowest BCUT2D eigenvalue weighted by atomic mass is 9.57. The van der Waals surface area contributed by atoms with Crippen LogP contribution in [0.4, 0.5) is 8.78 Å². The maximum absolute atomic E-state index is 15.0. The maximum Gasteiger partial charge on any atom is 0.276 e. The van der Waals surface area contributed by atoms with Crippen LogP contribution in [0.5, 0.6) is 0 Å². The van der Waals surface area contributed by atoms with Crippen LogP contribution in [-0.4, -0.2) is 23.6 Å². The van der Waals surface area contributed by atoms with Crippen LogP contribution >= 0.6 is 0 Å². The van der Waals surface area contributed by atoms with Crippen molar-refractivity contribution in [3.63, 3.8) is 0 Å². The van der Waals surface area contributed by atoms with Gasteiger partial charge in [-0.15, -0.1) is 0 Å². The molecule has 0 atom stereocenters. The number of alkyl halides is 2. The Morgan fingerprint density at radius 3 is 1.43 bits per heavy atom. The van der Waals surface area contributed by atoms with Gasteiger partial charge in [-0.25, -0.2) is 8.78 Å². The molecule has 0 aliphatic rings. The molecule has 0 rings (SSSR count). The maximum atomic E-state index is 15.0. The van der Waals surface area contributed by atoms with Crippen molar-refractivity contribution < 1.29 is 21.8 Å². The van der Waals surface area contributed by atoms with Crippen molar-refractivity contribution in [2.24, 2.45) is 16.2 Å². The molecule has 0 aromatic heterocycles. The van der Waals surface area contributed by atoms with Gasteiger partial charge in [-0.2, -0.15) is 8.42 Å². The van der Waals surface area contributed by atoms with Crippen LogP contribution in [0.3, 0.4) is 0 Å². The van der Waals surface area contributed by atoms with Gasteiger partial charge >= 0.3 is 0 Å². The summed E-state index contributed by atoms with van der Waals surface area (Å²) in [5, 5.41) is 0. The molecule has 6 heteroatoms. The van der Waals surface area contributed by atoms with Gasteiger partial charge in [0.2, 0.25) is 0 Å². The van der Waals surface area contributed by atoms with E-state index < -0.39 is 31.6 Å². The van der Waals surface area contributed by atoms with E-state index in [9.17, 15) is 13.0 Å². The second kappa shape index (κ2) is 5.15. The second-order valence-electron chi connectivity index (χ2n) is 8.81. The molecule has 0 aliphatic carbocycles. The van der Waals surface area contributed by atoms with E-state index in [1.807, 2.05) is 20.8 Å². The molecule has 0 fully saturated rings. The standard InChI is InChI=1S/C15H30F2O3S/c1-11(2,3)10-12(4,5)13(6,7)15(16,17)14(8,9)21(18,19)20/h10H2,1-9H3,(H,18,19,20). The Bertz CT molecular complexity index is 484. The summed E-state index contributed by atoms with van der Waals surface area (Å²) in [6.07, 6.45) is 0.490. The summed E-state index contributed by atoms with van der Waals surface area (Å²) in [6.45, 7) is 13.8. The van der Waals surface area contributed by atoms with Gasteiger partial charge in [0.25, 0.3) is 16.0 Å². The monoisotopic (exact) mass is 328 g/mol. The molecular formula is C15H30F2O3S. The second-order valence-corrected chi connectivity index (χ2v) is 10.8. The summed E-state index contributed by atoms with van der Waals surface area (Å²) in [6, 6.07) is 0. The predicted octanol–water partition coefficient (Wildman–Crippen LogP) is 4.78. The van der Waals surface area contributed by atoms with E-state index in [4.69, 9.17) is 0 Å². The van der Waals surface area contributed by atoms with E-state index in [2.05, 4.69) is 0 Å². The Labute approximate surface area is 128 Å². The Kier molecular flexibility index (Phi) is 5.10. The summed E-state index contributed by atoms with van der Waals surface area (Å²) in [7, 11) is -4.90. The fraction of sp³-hybridized carbons (Fsp3) is 1.00. The molecular weight excluding hydrogens is 298 g/mol. The summed E-state index contributed by atoms with van der Waals surface area (Å²) >= 11 is 0. The molecule has 0 amide bonds. The van der Waals surface area contributed by atoms with Crippen molar-refractivity contribution >= 4 is 10.1 Å². The van der Waals surface area contributed by atoms with Crippen molar-refractivity contribution in [1.29, 1.82) is 0 Å². The van der Waals surface area contributed by atoms with Crippen LogP contribution in [0.25, 0.3) is 0 Å². The number of hydrogen-bond donors (Lipinski definition) is 1. The average Bonchev–Trinajstić information content (AvgIpc) is 2.10. The summed E-state index contributed by atoms with van der Waals surface area (Å²) in [5.74, 6) is -3.61. The predicted molar refractivity (Wildman–Crippen MR) is 82.2 cm³/mol. The van der Waals surface area contributed by atoms with Gasteiger partial charge in [0.1, 0.15) is 0 Å². The minimum Gasteiger partial charge on any atom is -0.285 e. The van der Waals surface area contributed by atoms with Crippen molar-refractivity contribution in [3.8, 4) is 0 Å². The highest BCUT2D eigenvalue weighted by atomic mass is 32.2. The molecule has 3 nitrogen and oxygen atoms in total. The van der Waals surface area contributed by atoms with Gasteiger partial charge in [-0.1, -0.05) is 48.5 Å². The normalized spacial score (nSPS) is 16.2. The summed E-state index contributed by atoms with van der Waals surface area (Å²) in [4.78, 5) is 0. The molecule has 21 heavy (non-hydrogen) atoms. The summed E-state index contributed by atoms with van der Waals surface area (Å²) in [5.41, 5.74) is -2.65. The first-order valence-corrected chi connectivity index (χ1v) is 8.50. The van der Waals surface area contributed by atoms with Crippen LogP contribution in [0, 0.1) is 16.2 Å². The highest BCUT2D eigenvalue weighted by molar-refractivity contribution is 7.87. The van der Waals surface area contributed by atoms with E-state index in [0.29, 0.717) is 6.42 Å². The molecule has 0 heterocycles. The van der Waals surface area contributed by atoms with Crippen LogP contribution in [0.15, 0.2) is 0 Å². The van der Waals surface area contributed by atoms with E-state index >= 15 is 8.78 Å². The lowest BCUT2D eigenvalue weighted by molar-refractivity contribution is -0.184. The van der Waals surface area contributed by atoms with Crippen molar-refractivity contribution in [1.82, 2.24) is 0 Å². The highest BCUT2D eigenvalue weighted by Gasteiger charge is 2.67. The van der Waals surface area contributed by atoms with Gasteiger partial charge in [0.15, 0.2) is 4.75 Å². The smallest absolute Gasteiger partial charge is 0.276 e. The molecule has 0 bridgehead atoms. The van der Waals surface area contributed by atoms with E-state index in [-0.39, 0.29) is 5.41 Å². The molecule has 0 spiro atoms. The Balaban J connectivity index is 6.01. The van der Waals surface area contributed by atoms with Crippen LogP contribution in [0.1, 0.15) is 68.7 Å². The van der Waals surface area contributed by atoms with Crippen molar-refractivity contribution in [2.75, 3.05) is 0 Å². The zero-order valence-corrected chi connectivity index (χ0v) is 15.5. The lowest BCUT2D eigenvalue weighted by Crippen LogP contribution is -2.61. The van der Waals surface area contributed by atoms with E-state index in [0.717, 1.165) is 13.8 Å². The summed E-state index contributed by atoms with van der Waals surface area (Å²) < 4.78 is 59.6. The van der Waals surface area contributed by atoms with Crippen LogP contribution < -0.4 is 0 Å². The molecule has 0 aromatic rings. The Morgan fingerprint density at radius 1 is 0.857 bits per heavy atom. The van der Waals surface area contributed by atoms with Gasteiger partial charge in [0.05, 0.1) is 0 Å². The third kappa shape index (κ3) is 3.58. The average molecular weight is 328 g/mol. The third-order valence-electron chi connectivity index (χ3n) is 4.85. The third-order valence-corrected chi connectivity index (χ3v) is 6.40. The topological polar surface area (TPSA) is 54.4 Å². The van der Waals surface area contributed by atoms with Crippen LogP contribution in [-0.2, 0) is 10.1 Å². The Morgan fingerprint density at radius 2 is 1.19 bits per heavy atom. The highest BCUT2D eigenvalue weighted by Crippen LogP contribution is 2.58. The van der Waals surface area contributed by atoms with Crippen molar-refractivity contribution in [3.05, 3.63) is 0 Å². The molecule has 1 N–H and O–H groups in total. The van der Waals surface area contributed by atoms with Gasteiger partial charge in [0, 0.05) is 5.41 Å². The molecule has 0 saturated heterocycles. The molecule has 128 valence electrons. The number of rotatable bonds is 5. The quantitative estimate of drug-likeness (QED) is 0.739. The lowest BCUT2D eigenvalue weighted by Gasteiger charge is -2.52. The van der Waals surface area contributed by atoms with Gasteiger partial charge in [-0.3, -0.25) is 4.55 Å². The molecule has 0 aliphatic heterocycles. The molecule has 0 saturated carbocycles. The first-order chi connectivity index (χ1) is 8.71. The van der Waals surface area contributed by atoms with Gasteiger partial charge in [-0.05, 0) is 31.1 Å². The van der Waals surface area contributed by atoms with Crippen LogP contribution in [0.2, 0.25) is 0 Å². The Hall–Kier alpha value is -0.230.